The number of aromatic hydroxyl groups is 1. The molecule has 25 heavy (non-hydrogen) atoms. The molecule has 1 aliphatic carbocycles. The molecule has 0 spiro atoms. The summed E-state index contributed by atoms with van der Waals surface area (Å²) in [4.78, 5) is 0. The van der Waals surface area contributed by atoms with Gasteiger partial charge < -0.3 is 5.11 Å². The smallest absolute Gasteiger partial charge is 0.131 e. The highest BCUT2D eigenvalue weighted by Crippen LogP contribution is 2.41. The molecule has 0 unspecified atom stereocenters. The lowest BCUT2D eigenvalue weighted by molar-refractivity contribution is 0.479. The second-order valence-corrected chi connectivity index (χ2v) is 6.63. The molecule has 0 heterocycles. The molecule has 3 aromatic rings. The molecule has 0 amide bonds. The maximum absolute atomic E-state index is 11.0. The monoisotopic (exact) mass is 326 g/mol. The minimum atomic E-state index is 0.359. The predicted molar refractivity (Wildman–Crippen MR) is 105 cm³/mol. The summed E-state index contributed by atoms with van der Waals surface area (Å²) < 4.78 is 0. The summed E-state index contributed by atoms with van der Waals surface area (Å²) in [6.45, 7) is 0. The van der Waals surface area contributed by atoms with Gasteiger partial charge in [-0.1, -0.05) is 66.7 Å². The Balaban J connectivity index is 1.93. The Bertz CT molecular complexity index is 831. The van der Waals surface area contributed by atoms with Crippen LogP contribution in [0.5, 0.6) is 5.75 Å². The summed E-state index contributed by atoms with van der Waals surface area (Å²) in [5, 5.41) is 11.0. The van der Waals surface area contributed by atoms with Crippen LogP contribution in [0.4, 0.5) is 0 Å². The highest BCUT2D eigenvalue weighted by atomic mass is 16.3. The molecular formula is C24H22O. The van der Waals surface area contributed by atoms with Gasteiger partial charge in [0.25, 0.3) is 0 Å². The first-order valence-corrected chi connectivity index (χ1v) is 9.00. The Kier molecular flexibility index (Phi) is 4.39. The number of phenols is 1. The van der Waals surface area contributed by atoms with Gasteiger partial charge >= 0.3 is 0 Å². The van der Waals surface area contributed by atoms with Gasteiger partial charge in [0.15, 0.2) is 0 Å². The zero-order valence-electron chi connectivity index (χ0n) is 14.3. The van der Waals surface area contributed by atoms with Crippen molar-refractivity contribution in [3.05, 3.63) is 84.4 Å². The molecule has 0 saturated carbocycles. The molecule has 0 radical (unpaired) electrons. The van der Waals surface area contributed by atoms with Crippen LogP contribution in [0.3, 0.4) is 0 Å². The average molecular weight is 326 g/mol. The van der Waals surface area contributed by atoms with Gasteiger partial charge in [-0.2, -0.15) is 0 Å². The highest BCUT2D eigenvalue weighted by Gasteiger charge is 2.16. The van der Waals surface area contributed by atoms with Crippen LogP contribution in [-0.2, 0) is 0 Å². The van der Waals surface area contributed by atoms with Gasteiger partial charge in [-0.15, -0.1) is 0 Å². The van der Waals surface area contributed by atoms with Crippen LogP contribution in [0.25, 0.3) is 27.8 Å². The van der Waals surface area contributed by atoms with Crippen molar-refractivity contribution in [2.75, 3.05) is 0 Å². The van der Waals surface area contributed by atoms with Gasteiger partial charge in [0.05, 0.1) is 0 Å². The van der Waals surface area contributed by atoms with Crippen molar-refractivity contribution in [3.8, 4) is 28.0 Å². The molecule has 1 heteroatoms. The maximum Gasteiger partial charge on any atom is 0.131 e. The normalized spacial score (nSPS) is 14.2. The fraction of sp³-hybridized carbons (Fsp3) is 0.167. The van der Waals surface area contributed by atoms with E-state index in [9.17, 15) is 5.11 Å². The zero-order valence-corrected chi connectivity index (χ0v) is 14.3. The van der Waals surface area contributed by atoms with E-state index >= 15 is 0 Å². The van der Waals surface area contributed by atoms with Crippen molar-refractivity contribution in [3.63, 3.8) is 0 Å². The molecule has 4 rings (SSSR count). The summed E-state index contributed by atoms with van der Waals surface area (Å²) in [6.07, 6.45) is 7.15. The molecule has 0 bridgehead atoms. The van der Waals surface area contributed by atoms with Crippen LogP contribution in [0, 0.1) is 0 Å². The standard InChI is InChI=1S/C24H22O/c25-24-22(19-12-6-2-7-13-19)16-21(18-10-4-1-5-11-18)17-23(24)20-14-8-3-9-15-20/h2-3,6-10,12-17,25H,1,4-5,11H2. The van der Waals surface area contributed by atoms with E-state index in [1.807, 2.05) is 36.4 Å². The quantitative estimate of drug-likeness (QED) is 0.569. The molecule has 1 nitrogen and oxygen atoms in total. The van der Waals surface area contributed by atoms with Gasteiger partial charge in [-0.05, 0) is 60.1 Å². The van der Waals surface area contributed by atoms with E-state index in [-0.39, 0.29) is 0 Å². The third-order valence-electron chi connectivity index (χ3n) is 4.94. The topological polar surface area (TPSA) is 20.2 Å². The molecule has 3 aromatic carbocycles. The van der Waals surface area contributed by atoms with Crippen molar-refractivity contribution in [1.82, 2.24) is 0 Å². The third kappa shape index (κ3) is 3.23. The molecule has 0 saturated heterocycles. The van der Waals surface area contributed by atoms with E-state index in [4.69, 9.17) is 0 Å². The Morgan fingerprint density at radius 1 is 0.640 bits per heavy atom. The Labute approximate surface area is 149 Å². The van der Waals surface area contributed by atoms with E-state index in [1.165, 1.54) is 24.0 Å². The minimum absolute atomic E-state index is 0.359. The first-order valence-electron chi connectivity index (χ1n) is 9.00. The number of hydrogen-bond donors (Lipinski definition) is 1. The van der Waals surface area contributed by atoms with E-state index in [0.717, 1.165) is 35.1 Å². The van der Waals surface area contributed by atoms with Crippen LogP contribution in [-0.4, -0.2) is 5.11 Å². The molecule has 0 aliphatic heterocycles. The molecule has 124 valence electrons. The van der Waals surface area contributed by atoms with Crippen molar-refractivity contribution in [2.45, 2.75) is 25.7 Å². The largest absolute Gasteiger partial charge is 0.507 e. The number of allylic oxidation sites excluding steroid dienone is 2. The fourth-order valence-electron chi connectivity index (χ4n) is 3.60. The molecule has 0 atom stereocenters. The van der Waals surface area contributed by atoms with Gasteiger partial charge in [0.1, 0.15) is 5.75 Å². The number of benzene rings is 3. The Hall–Kier alpha value is -2.80. The van der Waals surface area contributed by atoms with Gasteiger partial charge in [0.2, 0.25) is 0 Å². The summed E-state index contributed by atoms with van der Waals surface area (Å²) in [5.41, 5.74) is 6.55. The number of rotatable bonds is 3. The zero-order chi connectivity index (χ0) is 17.1. The van der Waals surface area contributed by atoms with Gasteiger partial charge in [0, 0.05) is 11.1 Å². The van der Waals surface area contributed by atoms with E-state index in [1.54, 1.807) is 0 Å². The van der Waals surface area contributed by atoms with Gasteiger partial charge in [-0.3, -0.25) is 0 Å². The lowest BCUT2D eigenvalue weighted by Crippen LogP contribution is -1.94. The summed E-state index contributed by atoms with van der Waals surface area (Å²) in [6, 6.07) is 24.6. The number of hydrogen-bond acceptors (Lipinski definition) is 1. The molecule has 1 N–H and O–H groups in total. The van der Waals surface area contributed by atoms with E-state index in [0.29, 0.717) is 5.75 Å². The number of phenolic OH excluding ortho intramolecular Hbond substituents is 1. The Morgan fingerprint density at radius 2 is 1.20 bits per heavy atom. The summed E-state index contributed by atoms with van der Waals surface area (Å²) >= 11 is 0. The van der Waals surface area contributed by atoms with Crippen LogP contribution in [0.2, 0.25) is 0 Å². The van der Waals surface area contributed by atoms with Gasteiger partial charge in [-0.25, -0.2) is 0 Å². The average Bonchev–Trinajstić information content (AvgIpc) is 2.70. The Morgan fingerprint density at radius 3 is 1.68 bits per heavy atom. The SMILES string of the molecule is Oc1c(-c2ccccc2)cc(C2=CCCCC2)cc1-c1ccccc1. The van der Waals surface area contributed by atoms with Crippen LogP contribution in [0.15, 0.2) is 78.9 Å². The summed E-state index contributed by atoms with van der Waals surface area (Å²) in [5.74, 6) is 0.359. The lowest BCUT2D eigenvalue weighted by atomic mass is 9.88. The second kappa shape index (κ2) is 6.98. The summed E-state index contributed by atoms with van der Waals surface area (Å²) in [7, 11) is 0. The minimum Gasteiger partial charge on any atom is -0.507 e. The van der Waals surface area contributed by atoms with E-state index in [2.05, 4.69) is 42.5 Å². The van der Waals surface area contributed by atoms with Crippen LogP contribution in [0.1, 0.15) is 31.2 Å². The lowest BCUT2D eigenvalue weighted by Gasteiger charge is -2.18. The van der Waals surface area contributed by atoms with Crippen LogP contribution >= 0.6 is 0 Å². The third-order valence-corrected chi connectivity index (χ3v) is 4.94. The van der Waals surface area contributed by atoms with Crippen LogP contribution < -0.4 is 0 Å². The highest BCUT2D eigenvalue weighted by molar-refractivity contribution is 5.86. The second-order valence-electron chi connectivity index (χ2n) is 6.63. The van der Waals surface area contributed by atoms with Crippen molar-refractivity contribution in [2.24, 2.45) is 0 Å². The molecule has 0 fully saturated rings. The molecule has 0 aromatic heterocycles. The first kappa shape index (κ1) is 15.7. The van der Waals surface area contributed by atoms with Crippen molar-refractivity contribution < 1.29 is 5.11 Å². The fourth-order valence-corrected chi connectivity index (χ4v) is 3.60. The van der Waals surface area contributed by atoms with E-state index < -0.39 is 0 Å². The van der Waals surface area contributed by atoms with Crippen molar-refractivity contribution >= 4 is 5.57 Å². The maximum atomic E-state index is 11.0. The first-order chi connectivity index (χ1) is 12.3. The van der Waals surface area contributed by atoms with Crippen molar-refractivity contribution in [1.29, 1.82) is 0 Å². The molecule has 1 aliphatic rings. The predicted octanol–water partition coefficient (Wildman–Crippen LogP) is 6.68. The molecular weight excluding hydrogens is 304 g/mol.